The van der Waals surface area contributed by atoms with E-state index in [1.165, 1.54) is 6.21 Å². The largest absolute Gasteiger partial charge is 0.463 e. The van der Waals surface area contributed by atoms with E-state index < -0.39 is 0 Å². The second-order valence-corrected chi connectivity index (χ2v) is 2.19. The van der Waals surface area contributed by atoms with Gasteiger partial charge in [0.25, 0.3) is 0 Å². The number of furan rings is 1. The highest BCUT2D eigenvalue weighted by molar-refractivity contribution is 7.80. The van der Waals surface area contributed by atoms with E-state index in [-0.39, 0.29) is 5.11 Å². The normalized spacial score (nSPS) is 10.2. The Morgan fingerprint density at radius 3 is 3.18 bits per heavy atom. The van der Waals surface area contributed by atoms with Gasteiger partial charge >= 0.3 is 0 Å². The Balaban J connectivity index is 2.43. The summed E-state index contributed by atoms with van der Waals surface area (Å²) in [5, 5.41) is 3.81. The molecule has 0 saturated carbocycles. The highest BCUT2D eigenvalue weighted by Gasteiger charge is 1.86. The van der Waals surface area contributed by atoms with Crippen molar-refractivity contribution in [2.75, 3.05) is 0 Å². The van der Waals surface area contributed by atoms with Crippen LogP contribution in [0.1, 0.15) is 5.76 Å². The Morgan fingerprint density at radius 2 is 2.64 bits per heavy atom. The quantitative estimate of drug-likeness (QED) is 0.383. The Morgan fingerprint density at radius 1 is 1.82 bits per heavy atom. The van der Waals surface area contributed by atoms with Gasteiger partial charge in [0.1, 0.15) is 5.76 Å². The zero-order valence-electron chi connectivity index (χ0n) is 5.65. The lowest BCUT2D eigenvalue weighted by molar-refractivity contribution is 0.560. The molecule has 0 unspecified atom stereocenters. The van der Waals surface area contributed by atoms with Gasteiger partial charge in [0.2, 0.25) is 0 Å². The summed E-state index contributed by atoms with van der Waals surface area (Å²) >= 11 is 4.51. The van der Waals surface area contributed by atoms with Gasteiger partial charge in [-0.15, -0.1) is 0 Å². The maximum atomic E-state index is 5.11. The van der Waals surface area contributed by atoms with Crippen LogP contribution in [0.25, 0.3) is 0 Å². The van der Waals surface area contributed by atoms with Gasteiger partial charge in [0.05, 0.1) is 12.5 Å². The smallest absolute Gasteiger partial charge is 0.184 e. The van der Waals surface area contributed by atoms with Crippen LogP contribution in [-0.4, -0.2) is 11.3 Å². The predicted octanol–water partition coefficient (Wildman–Crippen LogP) is 0.447. The Kier molecular flexibility index (Phi) is 2.62. The second kappa shape index (κ2) is 3.72. The van der Waals surface area contributed by atoms with Gasteiger partial charge in [0, 0.05) is 0 Å². The summed E-state index contributed by atoms with van der Waals surface area (Å²) in [5.74, 6) is 0.647. The summed E-state index contributed by atoms with van der Waals surface area (Å²) in [7, 11) is 0. The fourth-order valence-electron chi connectivity index (χ4n) is 0.524. The van der Waals surface area contributed by atoms with Gasteiger partial charge in [-0.2, -0.15) is 5.10 Å². The average Bonchev–Trinajstić information content (AvgIpc) is 2.39. The fourth-order valence-corrected chi connectivity index (χ4v) is 0.577. The van der Waals surface area contributed by atoms with Crippen LogP contribution < -0.4 is 11.2 Å². The van der Waals surface area contributed by atoms with Crippen molar-refractivity contribution in [1.29, 1.82) is 0 Å². The minimum absolute atomic E-state index is 0.132. The van der Waals surface area contributed by atoms with E-state index in [9.17, 15) is 0 Å². The third-order valence-corrected chi connectivity index (χ3v) is 1.00. The summed E-state index contributed by atoms with van der Waals surface area (Å²) in [5.41, 5.74) is 7.51. The monoisotopic (exact) mass is 169 g/mol. The molecular formula is C6H7N3OS. The lowest BCUT2D eigenvalue weighted by atomic mass is 10.5. The van der Waals surface area contributed by atoms with Crippen molar-refractivity contribution in [3.05, 3.63) is 24.2 Å². The van der Waals surface area contributed by atoms with E-state index >= 15 is 0 Å². The highest BCUT2D eigenvalue weighted by Crippen LogP contribution is 1.93. The van der Waals surface area contributed by atoms with Crippen LogP contribution in [0.4, 0.5) is 0 Å². The van der Waals surface area contributed by atoms with Crippen LogP contribution >= 0.6 is 12.2 Å². The van der Waals surface area contributed by atoms with Crippen molar-refractivity contribution < 1.29 is 4.42 Å². The molecule has 0 saturated heterocycles. The number of nitrogens with two attached hydrogens (primary N) is 1. The fraction of sp³-hybridized carbons (Fsp3) is 0. The van der Waals surface area contributed by atoms with Crippen molar-refractivity contribution in [1.82, 2.24) is 5.43 Å². The van der Waals surface area contributed by atoms with Crippen molar-refractivity contribution in [3.63, 3.8) is 0 Å². The van der Waals surface area contributed by atoms with Crippen LogP contribution in [-0.2, 0) is 0 Å². The zero-order chi connectivity index (χ0) is 8.10. The molecule has 0 fully saturated rings. The predicted molar refractivity (Wildman–Crippen MR) is 46.2 cm³/mol. The number of nitrogens with one attached hydrogen (secondary N) is 1. The van der Waals surface area contributed by atoms with Gasteiger partial charge in [-0.1, -0.05) is 0 Å². The number of nitrogens with zero attached hydrogens (tertiary/aromatic N) is 1. The van der Waals surface area contributed by atoms with Crippen LogP contribution in [0.2, 0.25) is 0 Å². The first-order valence-corrected chi connectivity index (χ1v) is 3.32. The molecule has 0 aromatic carbocycles. The average molecular weight is 169 g/mol. The molecule has 5 heteroatoms. The first kappa shape index (κ1) is 7.74. The van der Waals surface area contributed by atoms with E-state index in [1.807, 2.05) is 0 Å². The molecule has 1 aromatic rings. The van der Waals surface area contributed by atoms with Crippen molar-refractivity contribution in [3.8, 4) is 0 Å². The van der Waals surface area contributed by atoms with Crippen molar-refractivity contribution >= 4 is 23.5 Å². The minimum Gasteiger partial charge on any atom is -0.463 e. The molecule has 1 heterocycles. The topological polar surface area (TPSA) is 63.5 Å². The van der Waals surface area contributed by atoms with Gasteiger partial charge < -0.3 is 10.2 Å². The van der Waals surface area contributed by atoms with Crippen LogP contribution in [0.5, 0.6) is 0 Å². The van der Waals surface area contributed by atoms with E-state index in [4.69, 9.17) is 10.2 Å². The lowest BCUT2D eigenvalue weighted by Gasteiger charge is -1.90. The first-order chi connectivity index (χ1) is 5.29. The molecule has 0 bridgehead atoms. The number of hydrogen-bond donors (Lipinski definition) is 2. The standard InChI is InChI=1S/C6H7N3OS/c7-6(11)9-8-4-5-2-1-3-10-5/h1-4H,(H3,7,9,11)/b8-4-. The zero-order valence-corrected chi connectivity index (χ0v) is 6.47. The summed E-state index contributed by atoms with van der Waals surface area (Å²) in [6.45, 7) is 0. The Labute approximate surface area is 69.1 Å². The summed E-state index contributed by atoms with van der Waals surface area (Å²) in [6.07, 6.45) is 3.04. The molecule has 0 aliphatic rings. The molecule has 0 amide bonds. The molecule has 4 nitrogen and oxygen atoms in total. The summed E-state index contributed by atoms with van der Waals surface area (Å²) in [4.78, 5) is 0. The third kappa shape index (κ3) is 2.81. The van der Waals surface area contributed by atoms with Gasteiger partial charge in [0.15, 0.2) is 5.11 Å². The van der Waals surface area contributed by atoms with Crippen molar-refractivity contribution in [2.24, 2.45) is 10.8 Å². The summed E-state index contributed by atoms with van der Waals surface area (Å²) in [6, 6.07) is 3.53. The molecule has 0 aliphatic carbocycles. The first-order valence-electron chi connectivity index (χ1n) is 2.91. The number of hydrazone groups is 1. The molecule has 1 aromatic heterocycles. The third-order valence-electron chi connectivity index (χ3n) is 0.910. The second-order valence-electron chi connectivity index (χ2n) is 1.75. The molecule has 1 rings (SSSR count). The molecule has 3 N–H and O–H groups in total. The van der Waals surface area contributed by atoms with Crippen molar-refractivity contribution in [2.45, 2.75) is 0 Å². The van der Waals surface area contributed by atoms with Gasteiger partial charge in [-0.05, 0) is 24.4 Å². The molecular weight excluding hydrogens is 162 g/mol. The van der Waals surface area contributed by atoms with Gasteiger partial charge in [-0.25, -0.2) is 0 Å². The SMILES string of the molecule is NC(=S)N/N=C\c1ccco1. The number of rotatable bonds is 2. The van der Waals surface area contributed by atoms with E-state index in [2.05, 4.69) is 22.7 Å². The maximum Gasteiger partial charge on any atom is 0.184 e. The minimum atomic E-state index is 0.132. The Hall–Kier alpha value is -1.36. The lowest BCUT2D eigenvalue weighted by Crippen LogP contribution is -2.23. The van der Waals surface area contributed by atoms with Crippen LogP contribution in [0.3, 0.4) is 0 Å². The Bertz CT molecular complexity index is 255. The van der Waals surface area contributed by atoms with Crippen LogP contribution in [0.15, 0.2) is 27.9 Å². The van der Waals surface area contributed by atoms with E-state index in [1.54, 1.807) is 18.4 Å². The molecule has 0 spiro atoms. The van der Waals surface area contributed by atoms with Crippen LogP contribution in [0, 0.1) is 0 Å². The van der Waals surface area contributed by atoms with E-state index in [0.29, 0.717) is 5.76 Å². The maximum absolute atomic E-state index is 5.11. The molecule has 0 aliphatic heterocycles. The number of thiocarbonyl (C=S) groups is 1. The number of hydrogen-bond acceptors (Lipinski definition) is 3. The molecule has 11 heavy (non-hydrogen) atoms. The molecule has 0 radical (unpaired) electrons. The molecule has 0 atom stereocenters. The van der Waals surface area contributed by atoms with Gasteiger partial charge in [-0.3, -0.25) is 5.43 Å². The van der Waals surface area contributed by atoms with E-state index in [0.717, 1.165) is 0 Å². The molecule has 58 valence electrons. The summed E-state index contributed by atoms with van der Waals surface area (Å²) < 4.78 is 4.94. The highest BCUT2D eigenvalue weighted by atomic mass is 32.1.